The van der Waals surface area contributed by atoms with Crippen molar-refractivity contribution in [3.63, 3.8) is 0 Å². The molecule has 0 radical (unpaired) electrons. The fourth-order valence-electron chi connectivity index (χ4n) is 3.64. The number of aryl methyl sites for hydroxylation is 1. The standard InChI is InChI=1S/C18H22N6OS/c1-12-16(26-11-21-12)10-23-7-3-4-13(9-23)15-5-6-20-17-14(18(25)19-2)8-22-24(15)17/h5-6,8,11,13H,3-4,7,9-10H2,1-2H3,(H,19,25). The van der Waals surface area contributed by atoms with E-state index in [1.165, 1.54) is 4.88 Å². The van der Waals surface area contributed by atoms with E-state index in [2.05, 4.69) is 32.2 Å². The van der Waals surface area contributed by atoms with Gasteiger partial charge < -0.3 is 5.32 Å². The van der Waals surface area contributed by atoms with Crippen LogP contribution in [-0.2, 0) is 6.54 Å². The normalized spacial score (nSPS) is 18.3. The molecule has 1 amide bonds. The van der Waals surface area contributed by atoms with Gasteiger partial charge in [-0.1, -0.05) is 0 Å². The number of hydrogen-bond acceptors (Lipinski definition) is 6. The van der Waals surface area contributed by atoms with Crippen molar-refractivity contribution in [2.24, 2.45) is 0 Å². The number of aromatic nitrogens is 4. The fraction of sp³-hybridized carbons (Fsp3) is 0.444. The number of thiazole rings is 1. The zero-order chi connectivity index (χ0) is 18.1. The number of amides is 1. The quantitative estimate of drug-likeness (QED) is 0.762. The summed E-state index contributed by atoms with van der Waals surface area (Å²) in [5.74, 6) is 0.218. The lowest BCUT2D eigenvalue weighted by atomic mass is 9.94. The second-order valence-electron chi connectivity index (χ2n) is 6.68. The molecule has 7 nitrogen and oxygen atoms in total. The zero-order valence-corrected chi connectivity index (χ0v) is 15.8. The molecule has 4 heterocycles. The highest BCUT2D eigenvalue weighted by molar-refractivity contribution is 7.09. The van der Waals surface area contributed by atoms with Gasteiger partial charge in [0.15, 0.2) is 5.65 Å². The van der Waals surface area contributed by atoms with Crippen molar-refractivity contribution < 1.29 is 4.79 Å². The Balaban J connectivity index is 1.60. The highest BCUT2D eigenvalue weighted by Gasteiger charge is 2.25. The highest BCUT2D eigenvalue weighted by Crippen LogP contribution is 2.29. The summed E-state index contributed by atoms with van der Waals surface area (Å²) in [4.78, 5) is 24.6. The van der Waals surface area contributed by atoms with Crippen LogP contribution in [0, 0.1) is 6.92 Å². The molecule has 0 bridgehead atoms. The number of piperidine rings is 1. The SMILES string of the molecule is CNC(=O)c1cnn2c(C3CCCN(Cc4scnc4C)C3)ccnc12. The molecular weight excluding hydrogens is 348 g/mol. The van der Waals surface area contributed by atoms with Gasteiger partial charge in [-0.2, -0.15) is 5.10 Å². The first-order valence-electron chi connectivity index (χ1n) is 8.83. The molecule has 4 rings (SSSR count). The van der Waals surface area contributed by atoms with E-state index in [0.717, 1.165) is 43.9 Å². The van der Waals surface area contributed by atoms with Crippen molar-refractivity contribution >= 4 is 22.9 Å². The molecule has 1 aliphatic heterocycles. The first-order chi connectivity index (χ1) is 12.7. The van der Waals surface area contributed by atoms with Gasteiger partial charge in [-0.05, 0) is 32.4 Å². The maximum Gasteiger partial charge on any atom is 0.256 e. The Morgan fingerprint density at radius 1 is 1.42 bits per heavy atom. The van der Waals surface area contributed by atoms with Crippen LogP contribution < -0.4 is 5.32 Å². The minimum Gasteiger partial charge on any atom is -0.355 e. The Hall–Kier alpha value is -2.32. The first kappa shape index (κ1) is 17.1. The maximum atomic E-state index is 12.0. The first-order valence-corrected chi connectivity index (χ1v) is 9.71. The lowest BCUT2D eigenvalue weighted by molar-refractivity contribution is 0.0964. The van der Waals surface area contributed by atoms with Gasteiger partial charge in [-0.25, -0.2) is 14.5 Å². The van der Waals surface area contributed by atoms with Crippen LogP contribution in [0.1, 0.15) is 45.4 Å². The summed E-state index contributed by atoms with van der Waals surface area (Å²) in [5, 5.41) is 7.09. The molecular formula is C18H22N6OS. The Bertz CT molecular complexity index is 933. The second-order valence-corrected chi connectivity index (χ2v) is 7.62. The molecule has 8 heteroatoms. The topological polar surface area (TPSA) is 75.4 Å². The zero-order valence-electron chi connectivity index (χ0n) is 15.0. The van der Waals surface area contributed by atoms with Gasteiger partial charge >= 0.3 is 0 Å². The lowest BCUT2D eigenvalue weighted by Crippen LogP contribution is -2.34. The van der Waals surface area contributed by atoms with Crippen molar-refractivity contribution in [2.75, 3.05) is 20.1 Å². The van der Waals surface area contributed by atoms with E-state index >= 15 is 0 Å². The molecule has 1 saturated heterocycles. The van der Waals surface area contributed by atoms with Crippen LogP contribution in [0.25, 0.3) is 5.65 Å². The van der Waals surface area contributed by atoms with E-state index in [9.17, 15) is 4.79 Å². The second kappa shape index (κ2) is 7.13. The molecule has 136 valence electrons. The third-order valence-corrected chi connectivity index (χ3v) is 5.96. The number of carbonyl (C=O) groups excluding carboxylic acids is 1. The average molecular weight is 370 g/mol. The van der Waals surface area contributed by atoms with Crippen LogP contribution in [0.3, 0.4) is 0 Å². The van der Waals surface area contributed by atoms with E-state index < -0.39 is 0 Å². The van der Waals surface area contributed by atoms with Crippen LogP contribution >= 0.6 is 11.3 Å². The van der Waals surface area contributed by atoms with Crippen molar-refractivity contribution in [3.05, 3.63) is 45.8 Å². The summed E-state index contributed by atoms with van der Waals surface area (Å²) in [6.07, 6.45) is 5.65. The van der Waals surface area contributed by atoms with Gasteiger partial charge in [-0.3, -0.25) is 9.69 Å². The summed E-state index contributed by atoms with van der Waals surface area (Å²) < 4.78 is 1.83. The van der Waals surface area contributed by atoms with Crippen molar-refractivity contribution in [2.45, 2.75) is 32.2 Å². The number of hydrogen-bond donors (Lipinski definition) is 1. The summed E-state index contributed by atoms with van der Waals surface area (Å²) in [5.41, 5.74) is 5.31. The number of nitrogens with zero attached hydrogens (tertiary/aromatic N) is 5. The molecule has 1 unspecified atom stereocenters. The number of nitrogens with one attached hydrogen (secondary N) is 1. The van der Waals surface area contributed by atoms with E-state index in [1.54, 1.807) is 30.8 Å². The van der Waals surface area contributed by atoms with Crippen LogP contribution in [0.15, 0.2) is 24.0 Å². The average Bonchev–Trinajstić information content (AvgIpc) is 3.27. The number of likely N-dealkylation sites (tertiary alicyclic amines) is 1. The molecule has 26 heavy (non-hydrogen) atoms. The molecule has 3 aromatic heterocycles. The maximum absolute atomic E-state index is 12.0. The van der Waals surface area contributed by atoms with Gasteiger partial charge in [-0.15, -0.1) is 11.3 Å². The highest BCUT2D eigenvalue weighted by atomic mass is 32.1. The molecule has 1 atom stereocenters. The fourth-order valence-corrected chi connectivity index (χ4v) is 4.45. The minimum atomic E-state index is -0.157. The Morgan fingerprint density at radius 3 is 3.08 bits per heavy atom. The number of rotatable bonds is 4. The van der Waals surface area contributed by atoms with Gasteiger partial charge in [0, 0.05) is 37.1 Å². The van der Waals surface area contributed by atoms with Gasteiger partial charge in [0.1, 0.15) is 5.56 Å². The van der Waals surface area contributed by atoms with Crippen LogP contribution in [0.5, 0.6) is 0 Å². The molecule has 1 N–H and O–H groups in total. The van der Waals surface area contributed by atoms with Crippen LogP contribution in [0.4, 0.5) is 0 Å². The van der Waals surface area contributed by atoms with E-state index in [1.807, 2.05) is 16.1 Å². The third kappa shape index (κ3) is 3.10. The predicted molar refractivity (Wildman–Crippen MR) is 100 cm³/mol. The van der Waals surface area contributed by atoms with Crippen LogP contribution in [-0.4, -0.2) is 50.5 Å². The molecule has 0 spiro atoms. The van der Waals surface area contributed by atoms with Gasteiger partial charge in [0.05, 0.1) is 23.1 Å². The third-order valence-electron chi connectivity index (χ3n) is 5.04. The van der Waals surface area contributed by atoms with Crippen molar-refractivity contribution in [3.8, 4) is 0 Å². The smallest absolute Gasteiger partial charge is 0.256 e. The number of fused-ring (bicyclic) bond motifs is 1. The summed E-state index contributed by atoms with van der Waals surface area (Å²) >= 11 is 1.73. The van der Waals surface area contributed by atoms with E-state index in [4.69, 9.17) is 0 Å². The summed E-state index contributed by atoms with van der Waals surface area (Å²) in [6, 6.07) is 2.03. The predicted octanol–water partition coefficient (Wildman–Crippen LogP) is 2.23. The van der Waals surface area contributed by atoms with Gasteiger partial charge in [0.25, 0.3) is 5.91 Å². The molecule has 3 aromatic rings. The van der Waals surface area contributed by atoms with Crippen molar-refractivity contribution in [1.29, 1.82) is 0 Å². The molecule has 0 aliphatic carbocycles. The Kier molecular flexibility index (Phi) is 4.69. The molecule has 1 fully saturated rings. The minimum absolute atomic E-state index is 0.157. The van der Waals surface area contributed by atoms with E-state index in [0.29, 0.717) is 17.1 Å². The summed E-state index contributed by atoms with van der Waals surface area (Å²) in [7, 11) is 1.62. The Morgan fingerprint density at radius 2 is 2.31 bits per heavy atom. The van der Waals surface area contributed by atoms with Crippen molar-refractivity contribution in [1.82, 2.24) is 29.8 Å². The number of carbonyl (C=O) groups is 1. The largest absolute Gasteiger partial charge is 0.355 e. The molecule has 0 saturated carbocycles. The monoisotopic (exact) mass is 370 g/mol. The van der Waals surface area contributed by atoms with Gasteiger partial charge in [0.2, 0.25) is 0 Å². The Labute approximate surface area is 156 Å². The molecule has 1 aliphatic rings. The molecule has 0 aromatic carbocycles. The summed E-state index contributed by atoms with van der Waals surface area (Å²) in [6.45, 7) is 5.10. The van der Waals surface area contributed by atoms with E-state index in [-0.39, 0.29) is 5.91 Å². The van der Waals surface area contributed by atoms with Crippen LogP contribution in [0.2, 0.25) is 0 Å². The lowest BCUT2D eigenvalue weighted by Gasteiger charge is -2.32.